The molecule has 0 radical (unpaired) electrons. The molecule has 6 nitrogen and oxygen atoms in total. The number of carbonyl (C=O) groups excluding carboxylic acids is 2. The molecule has 0 spiro atoms. The van der Waals surface area contributed by atoms with Crippen LogP contribution in [-0.4, -0.2) is 18.9 Å². The molecule has 0 saturated carbocycles. The van der Waals surface area contributed by atoms with Crippen LogP contribution >= 0.6 is 0 Å². The molecule has 2 amide bonds. The molecule has 1 aliphatic heterocycles. The van der Waals surface area contributed by atoms with Gasteiger partial charge in [-0.2, -0.15) is 0 Å². The molecular formula is C67H100N2O4. The predicted octanol–water partition coefficient (Wildman–Crippen LogP) is 21.1. The van der Waals surface area contributed by atoms with E-state index in [4.69, 9.17) is 9.47 Å². The summed E-state index contributed by atoms with van der Waals surface area (Å²) in [6.07, 6.45) is 43.1. The minimum atomic E-state index is -0.498. The first kappa shape index (κ1) is 59.3. The minimum absolute atomic E-state index is 0.0533. The summed E-state index contributed by atoms with van der Waals surface area (Å²) in [6, 6.07) is 28.5. The Kier molecular flexibility index (Phi) is 29.6. The third kappa shape index (κ3) is 20.9. The minimum Gasteiger partial charge on any atom is -0.410 e. The fourth-order valence-corrected chi connectivity index (χ4v) is 11.0. The van der Waals surface area contributed by atoms with Crippen molar-refractivity contribution in [2.24, 2.45) is 0 Å². The Bertz CT molecular complexity index is 1980. The summed E-state index contributed by atoms with van der Waals surface area (Å²) in [4.78, 5) is 33.3. The van der Waals surface area contributed by atoms with E-state index in [1.807, 2.05) is 60.7 Å². The van der Waals surface area contributed by atoms with Gasteiger partial charge in [-0.25, -0.2) is 9.59 Å². The van der Waals surface area contributed by atoms with Crippen molar-refractivity contribution in [2.45, 2.75) is 259 Å². The molecule has 4 aromatic carbocycles. The number of unbranched alkanes of at least 4 members (excludes halogenated alkanes) is 28. The van der Waals surface area contributed by atoms with Gasteiger partial charge in [0.05, 0.1) is 11.4 Å². The van der Waals surface area contributed by atoms with E-state index < -0.39 is 12.2 Å². The molecule has 402 valence electrons. The van der Waals surface area contributed by atoms with Crippen LogP contribution in [0.3, 0.4) is 0 Å². The molecule has 1 aliphatic rings. The summed E-state index contributed by atoms with van der Waals surface area (Å²) in [5, 5.41) is 0. The number of fused-ring (bicyclic) bond motifs is 3. The van der Waals surface area contributed by atoms with Crippen LogP contribution in [0.2, 0.25) is 0 Å². The molecule has 0 unspecified atom stereocenters. The molecule has 0 atom stereocenters. The second-order valence-electron chi connectivity index (χ2n) is 21.5. The highest BCUT2D eigenvalue weighted by Crippen LogP contribution is 2.42. The average Bonchev–Trinajstić information content (AvgIpc) is 3.55. The van der Waals surface area contributed by atoms with E-state index >= 15 is 9.59 Å². The topological polar surface area (TPSA) is 59.1 Å². The number of ether oxygens (including phenoxy) is 2. The van der Waals surface area contributed by atoms with Gasteiger partial charge in [-0.3, -0.25) is 9.80 Å². The van der Waals surface area contributed by atoms with Crippen LogP contribution < -0.4 is 19.3 Å². The third-order valence-electron chi connectivity index (χ3n) is 15.4. The highest BCUT2D eigenvalue weighted by molar-refractivity contribution is 6.04. The van der Waals surface area contributed by atoms with Gasteiger partial charge in [0.15, 0.2) is 0 Å². The number of para-hydroxylation sites is 2. The van der Waals surface area contributed by atoms with Gasteiger partial charge < -0.3 is 9.47 Å². The van der Waals surface area contributed by atoms with Gasteiger partial charge in [0.25, 0.3) is 0 Å². The Morgan fingerprint density at radius 1 is 0.342 bits per heavy atom. The van der Waals surface area contributed by atoms with Crippen molar-refractivity contribution in [2.75, 3.05) is 16.5 Å². The lowest BCUT2D eigenvalue weighted by atomic mass is 9.95. The average molecular weight is 998 g/mol. The molecule has 0 fully saturated rings. The Morgan fingerprint density at radius 2 is 0.630 bits per heavy atom. The van der Waals surface area contributed by atoms with Crippen LogP contribution in [0.4, 0.5) is 21.0 Å². The molecule has 6 heteroatoms. The van der Waals surface area contributed by atoms with Crippen molar-refractivity contribution in [3.8, 4) is 22.6 Å². The van der Waals surface area contributed by atoms with Crippen LogP contribution in [0.15, 0.2) is 84.9 Å². The smallest absolute Gasteiger partial charge is 0.410 e. The summed E-state index contributed by atoms with van der Waals surface area (Å²) >= 11 is 0. The van der Waals surface area contributed by atoms with Gasteiger partial charge in [0.2, 0.25) is 0 Å². The van der Waals surface area contributed by atoms with E-state index in [-0.39, 0.29) is 6.67 Å². The quantitative estimate of drug-likeness (QED) is 0.0420. The fraction of sp³-hybridized carbons (Fsp3) is 0.612. The molecule has 0 aliphatic carbocycles. The summed E-state index contributed by atoms with van der Waals surface area (Å²) < 4.78 is 13.2. The van der Waals surface area contributed by atoms with Crippen LogP contribution in [0.1, 0.15) is 255 Å². The summed E-state index contributed by atoms with van der Waals surface area (Å²) in [5.74, 6) is 1.27. The lowest BCUT2D eigenvalue weighted by molar-refractivity contribution is 0.202. The van der Waals surface area contributed by atoms with E-state index in [1.54, 1.807) is 9.80 Å². The standard InChI is InChI=1S/C67H100N2O4/c1-5-9-13-17-21-25-29-33-43-56-45-41-53-64(58(56)47-35-31-27-23-19-15-11-7-3)72-66(70)68-55-69(63-52-40-38-50-61(63)60-49-37-39-51-62(60)68)67(71)73-65-54-42-46-57(44-34-30-26-22-18-14-10-6-2)59(65)48-36-32-28-24-20-16-12-8-4/h37-42,45-46,49-54H,5-36,43-44,47-48,55H2,1-4H3. The lowest BCUT2D eigenvalue weighted by Crippen LogP contribution is -2.46. The number of anilines is 2. The zero-order chi connectivity index (χ0) is 51.6. The highest BCUT2D eigenvalue weighted by atomic mass is 16.6. The zero-order valence-corrected chi connectivity index (χ0v) is 46.8. The lowest BCUT2D eigenvalue weighted by Gasteiger charge is -2.28. The first-order valence-electron chi connectivity index (χ1n) is 30.4. The van der Waals surface area contributed by atoms with Crippen molar-refractivity contribution in [3.05, 3.63) is 107 Å². The maximum absolute atomic E-state index is 15.0. The SMILES string of the molecule is CCCCCCCCCCc1cccc(OC(=O)N2CN(C(=O)Oc3cccc(CCCCCCCCCC)c3CCCCCCCCCC)c3ccccc3-c3ccccc32)c1CCCCCCCCCC. The van der Waals surface area contributed by atoms with E-state index in [9.17, 15) is 0 Å². The third-order valence-corrected chi connectivity index (χ3v) is 15.4. The van der Waals surface area contributed by atoms with Gasteiger partial charge in [0, 0.05) is 11.1 Å². The monoisotopic (exact) mass is 997 g/mol. The van der Waals surface area contributed by atoms with Crippen LogP contribution in [0, 0.1) is 0 Å². The van der Waals surface area contributed by atoms with Crippen LogP contribution in [-0.2, 0) is 25.7 Å². The summed E-state index contributed by atoms with van der Waals surface area (Å²) in [5.41, 5.74) is 8.05. The fourth-order valence-electron chi connectivity index (χ4n) is 11.0. The molecule has 1 heterocycles. The Labute approximate surface area is 445 Å². The number of hydrogen-bond acceptors (Lipinski definition) is 4. The molecule has 5 rings (SSSR count). The normalized spacial score (nSPS) is 12.2. The second kappa shape index (κ2) is 36.4. The number of aryl methyl sites for hydroxylation is 2. The van der Waals surface area contributed by atoms with E-state index in [2.05, 4.69) is 52.0 Å². The number of carbonyl (C=O) groups is 2. The number of rotatable bonds is 38. The van der Waals surface area contributed by atoms with Crippen molar-refractivity contribution < 1.29 is 19.1 Å². The van der Waals surface area contributed by atoms with Crippen molar-refractivity contribution in [1.82, 2.24) is 0 Å². The van der Waals surface area contributed by atoms with Crippen molar-refractivity contribution in [3.63, 3.8) is 0 Å². The molecule has 4 aromatic rings. The summed E-state index contributed by atoms with van der Waals surface area (Å²) in [6.45, 7) is 9.05. The van der Waals surface area contributed by atoms with Gasteiger partial charge in [-0.05, 0) is 97.9 Å². The Morgan fingerprint density at radius 3 is 0.959 bits per heavy atom. The molecule has 73 heavy (non-hydrogen) atoms. The number of amides is 2. The molecular weight excluding hydrogens is 897 g/mol. The molecule has 0 N–H and O–H groups in total. The highest BCUT2D eigenvalue weighted by Gasteiger charge is 2.34. The zero-order valence-electron chi connectivity index (χ0n) is 46.8. The number of nitrogens with zero attached hydrogens (tertiary/aromatic N) is 2. The van der Waals surface area contributed by atoms with Crippen molar-refractivity contribution in [1.29, 1.82) is 0 Å². The Hall–Kier alpha value is -4.58. The van der Waals surface area contributed by atoms with E-state index in [1.165, 1.54) is 191 Å². The van der Waals surface area contributed by atoms with Gasteiger partial charge in [-0.15, -0.1) is 0 Å². The first-order valence-corrected chi connectivity index (χ1v) is 30.4. The second-order valence-corrected chi connectivity index (χ2v) is 21.5. The van der Waals surface area contributed by atoms with Gasteiger partial charge in [-0.1, -0.05) is 268 Å². The predicted molar refractivity (Wildman–Crippen MR) is 312 cm³/mol. The van der Waals surface area contributed by atoms with E-state index in [0.29, 0.717) is 22.9 Å². The largest absolute Gasteiger partial charge is 0.421 e. The van der Waals surface area contributed by atoms with Gasteiger partial charge in [0.1, 0.15) is 18.2 Å². The maximum atomic E-state index is 15.0. The van der Waals surface area contributed by atoms with Crippen molar-refractivity contribution >= 4 is 23.6 Å². The summed E-state index contributed by atoms with van der Waals surface area (Å²) in [7, 11) is 0. The maximum Gasteiger partial charge on any atom is 0.421 e. The number of benzene rings is 4. The Balaban J connectivity index is 1.37. The van der Waals surface area contributed by atoms with Crippen LogP contribution in [0.5, 0.6) is 11.5 Å². The van der Waals surface area contributed by atoms with Crippen LogP contribution in [0.25, 0.3) is 11.1 Å². The molecule has 0 aromatic heterocycles. The molecule has 0 saturated heterocycles. The first-order chi connectivity index (χ1) is 36.0. The van der Waals surface area contributed by atoms with Gasteiger partial charge >= 0.3 is 12.2 Å². The van der Waals surface area contributed by atoms with E-state index in [0.717, 1.165) is 73.6 Å². The molecule has 0 bridgehead atoms. The number of hydrogen-bond donors (Lipinski definition) is 0.